The van der Waals surface area contributed by atoms with E-state index in [1.165, 1.54) is 22.3 Å². The summed E-state index contributed by atoms with van der Waals surface area (Å²) in [5.74, 6) is 1.17. The summed E-state index contributed by atoms with van der Waals surface area (Å²) < 4.78 is 8.01. The van der Waals surface area contributed by atoms with E-state index in [2.05, 4.69) is 50.4 Å². The van der Waals surface area contributed by atoms with Crippen molar-refractivity contribution in [3.63, 3.8) is 0 Å². The number of anilines is 1. The smallest absolute Gasteiger partial charge is 0.150 e. The number of hydrogen-bond acceptors (Lipinski definition) is 6. The lowest BCUT2D eigenvalue weighted by atomic mass is 10.2. The number of hydrogen-bond donors (Lipinski definition) is 0. The van der Waals surface area contributed by atoms with Gasteiger partial charge in [-0.05, 0) is 55.2 Å². The van der Waals surface area contributed by atoms with Crippen LogP contribution in [0.15, 0.2) is 48.5 Å². The molecule has 3 heterocycles. The molecule has 0 unspecified atom stereocenters. The maximum Gasteiger partial charge on any atom is 0.150 e. The zero-order valence-corrected chi connectivity index (χ0v) is 16.7. The van der Waals surface area contributed by atoms with Gasteiger partial charge in [-0.2, -0.15) is 4.37 Å². The van der Waals surface area contributed by atoms with Crippen LogP contribution in [0.25, 0.3) is 21.1 Å². The van der Waals surface area contributed by atoms with E-state index in [9.17, 15) is 0 Å². The van der Waals surface area contributed by atoms with Crippen LogP contribution in [0.4, 0.5) is 5.82 Å². The van der Waals surface area contributed by atoms with Crippen molar-refractivity contribution < 1.29 is 0 Å². The molecule has 1 aliphatic rings. The largest absolute Gasteiger partial charge is 0.353 e. The topological polar surface area (TPSA) is 50.1 Å². The third-order valence-corrected chi connectivity index (χ3v) is 6.36. The summed E-state index contributed by atoms with van der Waals surface area (Å²) in [4.78, 5) is 5.02. The monoisotopic (exact) mass is 392 g/mol. The summed E-state index contributed by atoms with van der Waals surface area (Å²) in [5.41, 5.74) is 2.11. The number of piperazine rings is 1. The van der Waals surface area contributed by atoms with Crippen LogP contribution in [-0.2, 0) is 6.54 Å². The number of aromatic nitrogens is 4. The highest BCUT2D eigenvalue weighted by atomic mass is 32.1. The highest BCUT2D eigenvalue weighted by Crippen LogP contribution is 2.29. The Balaban J connectivity index is 1.10. The van der Waals surface area contributed by atoms with Crippen LogP contribution in [0.2, 0.25) is 0 Å². The molecule has 1 saturated heterocycles. The second-order valence-electron chi connectivity index (χ2n) is 7.34. The number of rotatable bonds is 6. The normalized spacial score (nSPS) is 15.6. The van der Waals surface area contributed by atoms with Gasteiger partial charge in [0.15, 0.2) is 0 Å². The minimum atomic E-state index is 0.936. The van der Waals surface area contributed by atoms with Crippen molar-refractivity contribution in [1.29, 1.82) is 0 Å². The molecule has 0 bridgehead atoms. The molecule has 2 aromatic heterocycles. The Morgan fingerprint density at radius 3 is 2.57 bits per heavy atom. The summed E-state index contributed by atoms with van der Waals surface area (Å²) in [5, 5.41) is 9.81. The number of unbranched alkanes of at least 4 members (excludes halogenated alkanes) is 1. The summed E-state index contributed by atoms with van der Waals surface area (Å²) in [6, 6.07) is 16.7. The molecule has 1 fully saturated rings. The highest BCUT2D eigenvalue weighted by molar-refractivity contribution is 7.13. The van der Waals surface area contributed by atoms with E-state index in [-0.39, 0.29) is 0 Å². The molecule has 28 heavy (non-hydrogen) atoms. The van der Waals surface area contributed by atoms with Crippen molar-refractivity contribution in [1.82, 2.24) is 24.3 Å². The molecule has 0 aliphatic carbocycles. The van der Waals surface area contributed by atoms with Crippen LogP contribution < -0.4 is 4.90 Å². The van der Waals surface area contributed by atoms with E-state index in [4.69, 9.17) is 4.37 Å². The predicted molar refractivity (Wildman–Crippen MR) is 115 cm³/mol. The number of aryl methyl sites for hydroxylation is 1. The SMILES string of the molecule is c1ccc2c(c1)nnn2CCCCN1CCN(c2nsc3ccccc23)CC1. The lowest BCUT2D eigenvalue weighted by Crippen LogP contribution is -2.46. The molecule has 0 atom stereocenters. The molecule has 6 nitrogen and oxygen atoms in total. The van der Waals surface area contributed by atoms with E-state index in [0.29, 0.717) is 0 Å². The standard InChI is InChI=1S/C21H24N6S/c1-4-10-20-17(7-1)21(23-28-20)26-15-13-25(14-16-26)11-5-6-12-27-19-9-3-2-8-18(19)22-24-27/h1-4,7-10H,5-6,11-16H2. The van der Waals surface area contributed by atoms with Gasteiger partial charge in [-0.3, -0.25) is 4.90 Å². The van der Waals surface area contributed by atoms with Gasteiger partial charge < -0.3 is 4.90 Å². The molecule has 144 valence electrons. The van der Waals surface area contributed by atoms with E-state index < -0.39 is 0 Å². The lowest BCUT2D eigenvalue weighted by molar-refractivity contribution is 0.250. The van der Waals surface area contributed by atoms with E-state index in [1.807, 2.05) is 22.9 Å². The lowest BCUT2D eigenvalue weighted by Gasteiger charge is -2.35. The second-order valence-corrected chi connectivity index (χ2v) is 8.14. The van der Waals surface area contributed by atoms with Crippen molar-refractivity contribution in [3.05, 3.63) is 48.5 Å². The average Bonchev–Trinajstić information content (AvgIpc) is 3.36. The van der Waals surface area contributed by atoms with Gasteiger partial charge in [0.05, 0.1) is 10.2 Å². The Kier molecular flexibility index (Phi) is 4.93. The van der Waals surface area contributed by atoms with Crippen molar-refractivity contribution in [2.75, 3.05) is 37.6 Å². The van der Waals surface area contributed by atoms with Crippen molar-refractivity contribution in [3.8, 4) is 0 Å². The first-order valence-electron chi connectivity index (χ1n) is 9.98. The van der Waals surface area contributed by atoms with E-state index in [0.717, 1.165) is 56.7 Å². The van der Waals surface area contributed by atoms with Crippen LogP contribution in [0, 0.1) is 0 Å². The maximum atomic E-state index is 4.71. The molecule has 4 aromatic rings. The molecule has 0 radical (unpaired) electrons. The van der Waals surface area contributed by atoms with Gasteiger partial charge in [0, 0.05) is 38.1 Å². The van der Waals surface area contributed by atoms with Gasteiger partial charge >= 0.3 is 0 Å². The minimum Gasteiger partial charge on any atom is -0.353 e. The predicted octanol–water partition coefficient (Wildman–Crippen LogP) is 3.64. The van der Waals surface area contributed by atoms with Crippen LogP contribution >= 0.6 is 11.5 Å². The maximum absolute atomic E-state index is 4.71. The minimum absolute atomic E-state index is 0.936. The van der Waals surface area contributed by atoms with Crippen molar-refractivity contribution in [2.24, 2.45) is 0 Å². The van der Waals surface area contributed by atoms with Crippen molar-refractivity contribution >= 4 is 38.5 Å². The van der Waals surface area contributed by atoms with E-state index in [1.54, 1.807) is 11.5 Å². The van der Waals surface area contributed by atoms with Crippen molar-refractivity contribution in [2.45, 2.75) is 19.4 Å². The van der Waals surface area contributed by atoms with Crippen LogP contribution in [0.5, 0.6) is 0 Å². The Labute approximate surface area is 168 Å². The van der Waals surface area contributed by atoms with Gasteiger partial charge in [0.2, 0.25) is 0 Å². The number of para-hydroxylation sites is 1. The van der Waals surface area contributed by atoms with Crippen LogP contribution in [-0.4, -0.2) is 57.0 Å². The van der Waals surface area contributed by atoms with Crippen LogP contribution in [0.1, 0.15) is 12.8 Å². The summed E-state index contributed by atoms with van der Waals surface area (Å²) in [7, 11) is 0. The zero-order chi connectivity index (χ0) is 18.8. The molecule has 2 aromatic carbocycles. The van der Waals surface area contributed by atoms with Gasteiger partial charge in [0.25, 0.3) is 0 Å². The third-order valence-electron chi connectivity index (χ3n) is 5.54. The third kappa shape index (κ3) is 3.47. The summed E-state index contributed by atoms with van der Waals surface area (Å²) in [6.45, 7) is 6.42. The van der Waals surface area contributed by atoms with E-state index >= 15 is 0 Å². The Bertz CT molecular complexity index is 1060. The average molecular weight is 393 g/mol. The molecular weight excluding hydrogens is 368 g/mol. The molecule has 0 N–H and O–H groups in total. The quantitative estimate of drug-likeness (QED) is 0.469. The van der Waals surface area contributed by atoms with Gasteiger partial charge in [0.1, 0.15) is 11.3 Å². The summed E-state index contributed by atoms with van der Waals surface area (Å²) >= 11 is 1.61. The molecule has 0 saturated carbocycles. The molecular formula is C21H24N6S. The Morgan fingerprint density at radius 1 is 0.857 bits per heavy atom. The zero-order valence-electron chi connectivity index (χ0n) is 15.9. The Morgan fingerprint density at radius 2 is 1.64 bits per heavy atom. The molecule has 1 aliphatic heterocycles. The number of nitrogens with zero attached hydrogens (tertiary/aromatic N) is 6. The van der Waals surface area contributed by atoms with Gasteiger partial charge in [-0.1, -0.05) is 29.5 Å². The first-order chi connectivity index (χ1) is 13.9. The first-order valence-corrected chi connectivity index (χ1v) is 10.8. The molecule has 0 amide bonds. The fourth-order valence-electron chi connectivity index (χ4n) is 3.96. The fraction of sp³-hybridized carbons (Fsp3) is 0.381. The van der Waals surface area contributed by atoms with Crippen LogP contribution in [0.3, 0.4) is 0 Å². The van der Waals surface area contributed by atoms with Gasteiger partial charge in [-0.15, -0.1) is 5.10 Å². The molecule has 5 rings (SSSR count). The number of benzene rings is 2. The van der Waals surface area contributed by atoms with Gasteiger partial charge in [-0.25, -0.2) is 4.68 Å². The number of fused-ring (bicyclic) bond motifs is 2. The second kappa shape index (κ2) is 7.85. The molecule has 7 heteroatoms. The highest BCUT2D eigenvalue weighted by Gasteiger charge is 2.20. The molecule has 0 spiro atoms. The fourth-order valence-corrected chi connectivity index (χ4v) is 4.76. The first kappa shape index (κ1) is 17.6. The Hall–Kier alpha value is -2.51. The summed E-state index contributed by atoms with van der Waals surface area (Å²) in [6.07, 6.45) is 2.32.